The van der Waals surface area contributed by atoms with E-state index in [2.05, 4.69) is 12.1 Å². The minimum atomic E-state index is 0.583. The Morgan fingerprint density at radius 1 is 0.667 bits per heavy atom. The van der Waals surface area contributed by atoms with Crippen molar-refractivity contribution in [2.75, 3.05) is 86.3 Å². The fourth-order valence-corrected chi connectivity index (χ4v) is 2.75. The molecule has 0 atom stereocenters. The van der Waals surface area contributed by atoms with Gasteiger partial charge in [0.2, 0.25) is 0 Å². The Balaban J connectivity index is 1.77. The van der Waals surface area contributed by atoms with Crippen LogP contribution >= 0.6 is 0 Å². The summed E-state index contributed by atoms with van der Waals surface area (Å²) in [6.07, 6.45) is 0. The molecule has 1 aromatic carbocycles. The van der Waals surface area contributed by atoms with Crippen molar-refractivity contribution in [3.63, 3.8) is 0 Å². The van der Waals surface area contributed by atoms with Gasteiger partial charge >= 0.3 is 0 Å². The van der Waals surface area contributed by atoms with E-state index in [4.69, 9.17) is 28.4 Å². The zero-order valence-corrected chi connectivity index (χ0v) is 16.5. The van der Waals surface area contributed by atoms with E-state index in [1.165, 1.54) is 10.5 Å². The molecule has 1 aliphatic rings. The zero-order valence-electron chi connectivity index (χ0n) is 16.5. The molecule has 0 radical (unpaired) electrons. The number of benzene rings is 1. The number of ether oxygens (including phenoxy) is 6. The van der Waals surface area contributed by atoms with Crippen molar-refractivity contribution < 1.29 is 33.3 Å². The van der Waals surface area contributed by atoms with Crippen molar-refractivity contribution in [3.8, 4) is 5.75 Å². The van der Waals surface area contributed by atoms with Gasteiger partial charge in [0, 0.05) is 5.56 Å². The summed E-state index contributed by atoms with van der Waals surface area (Å²) in [6, 6.07) is 8.23. The van der Waals surface area contributed by atoms with Gasteiger partial charge in [0.15, 0.2) is 0 Å². The van der Waals surface area contributed by atoms with E-state index >= 15 is 0 Å². The van der Waals surface area contributed by atoms with Crippen molar-refractivity contribution in [2.45, 2.75) is 6.54 Å². The first-order valence-electron chi connectivity index (χ1n) is 9.73. The molecule has 0 amide bonds. The Morgan fingerprint density at radius 2 is 1.07 bits per heavy atom. The Kier molecular flexibility index (Phi) is 12.1. The van der Waals surface area contributed by atoms with Crippen molar-refractivity contribution in [1.82, 2.24) is 0 Å². The van der Waals surface area contributed by atoms with Crippen molar-refractivity contribution >= 4 is 0 Å². The average molecular weight is 384 g/mol. The normalized spacial score (nSPS) is 20.5. The molecule has 1 N–H and O–H groups in total. The highest BCUT2D eigenvalue weighted by molar-refractivity contribution is 5.26. The van der Waals surface area contributed by atoms with Gasteiger partial charge in [-0.1, -0.05) is 0 Å². The van der Waals surface area contributed by atoms with E-state index in [0.29, 0.717) is 66.1 Å². The van der Waals surface area contributed by atoms with Crippen LogP contribution in [0.3, 0.4) is 0 Å². The van der Waals surface area contributed by atoms with Gasteiger partial charge in [-0.3, -0.25) is 0 Å². The highest BCUT2D eigenvalue weighted by atomic mass is 16.6. The quantitative estimate of drug-likeness (QED) is 0.802. The number of rotatable bonds is 3. The van der Waals surface area contributed by atoms with Gasteiger partial charge in [0.25, 0.3) is 0 Å². The number of methoxy groups -OCH3 is 1. The molecule has 1 aliphatic heterocycles. The minimum absolute atomic E-state index is 0.583. The Hall–Kier alpha value is -1.22. The van der Waals surface area contributed by atoms with Crippen molar-refractivity contribution in [2.24, 2.45) is 0 Å². The second kappa shape index (κ2) is 14.8. The number of hydrogen-bond acceptors (Lipinski definition) is 6. The van der Waals surface area contributed by atoms with Crippen molar-refractivity contribution in [1.29, 1.82) is 0 Å². The summed E-state index contributed by atoms with van der Waals surface area (Å²) in [6.45, 7) is 8.92. The molecule has 0 aliphatic carbocycles. The molecule has 0 aromatic heterocycles. The summed E-state index contributed by atoms with van der Waals surface area (Å²) in [7, 11) is 1.68. The topological polar surface area (TPSA) is 59.8 Å². The molecular formula is C20H34NO6+. The van der Waals surface area contributed by atoms with Gasteiger partial charge in [-0.15, -0.1) is 0 Å². The molecule has 27 heavy (non-hydrogen) atoms. The van der Waals surface area contributed by atoms with Crippen LogP contribution in [-0.4, -0.2) is 86.3 Å². The summed E-state index contributed by atoms with van der Waals surface area (Å²) in [4.78, 5) is 1.43. The Labute approximate surface area is 162 Å². The van der Waals surface area contributed by atoms with Crippen LogP contribution in [0.1, 0.15) is 5.56 Å². The molecule has 1 aromatic rings. The van der Waals surface area contributed by atoms with Crippen LogP contribution in [0.2, 0.25) is 0 Å². The van der Waals surface area contributed by atoms with E-state index in [1.54, 1.807) is 7.11 Å². The van der Waals surface area contributed by atoms with E-state index < -0.39 is 0 Å². The summed E-state index contributed by atoms with van der Waals surface area (Å²) < 4.78 is 33.1. The third-order valence-corrected chi connectivity index (χ3v) is 4.30. The van der Waals surface area contributed by atoms with Crippen LogP contribution in [0, 0.1) is 0 Å². The maximum absolute atomic E-state index is 5.72. The van der Waals surface area contributed by atoms with E-state index in [9.17, 15) is 0 Å². The predicted octanol–water partition coefficient (Wildman–Crippen LogP) is 0.177. The van der Waals surface area contributed by atoms with Crippen molar-refractivity contribution in [3.05, 3.63) is 29.8 Å². The fraction of sp³-hybridized carbons (Fsp3) is 0.700. The van der Waals surface area contributed by atoms with Gasteiger partial charge in [0.05, 0.1) is 73.2 Å². The molecule has 1 saturated heterocycles. The molecular weight excluding hydrogens is 350 g/mol. The van der Waals surface area contributed by atoms with Gasteiger partial charge in [0.1, 0.15) is 25.4 Å². The first-order chi connectivity index (χ1) is 13.4. The third kappa shape index (κ3) is 10.6. The Morgan fingerprint density at radius 3 is 1.48 bits per heavy atom. The number of nitrogens with one attached hydrogen (secondary N) is 1. The van der Waals surface area contributed by atoms with Gasteiger partial charge in [-0.05, 0) is 24.3 Å². The van der Waals surface area contributed by atoms with Crippen LogP contribution in [0.25, 0.3) is 0 Å². The summed E-state index contributed by atoms with van der Waals surface area (Å²) in [5.41, 5.74) is 1.28. The largest absolute Gasteiger partial charge is 0.497 e. The molecule has 1 fully saturated rings. The molecule has 0 spiro atoms. The molecule has 154 valence electrons. The van der Waals surface area contributed by atoms with Crippen LogP contribution in [-0.2, 0) is 30.2 Å². The standard InChI is InChI=1S/C20H33NO6/c1-22-20-4-2-19(3-5-20)18-21-6-8-23-10-12-25-14-16-27-17-15-26-13-11-24-9-7-21/h2-5H,6-18H2,1H3/p+1. The summed E-state index contributed by atoms with van der Waals surface area (Å²) in [5, 5.41) is 0. The molecule has 0 bridgehead atoms. The molecule has 1 heterocycles. The lowest BCUT2D eigenvalue weighted by Gasteiger charge is -2.20. The lowest BCUT2D eigenvalue weighted by atomic mass is 10.2. The monoisotopic (exact) mass is 384 g/mol. The van der Waals surface area contributed by atoms with E-state index in [-0.39, 0.29) is 0 Å². The van der Waals surface area contributed by atoms with Crippen LogP contribution in [0.5, 0.6) is 5.75 Å². The fourth-order valence-electron chi connectivity index (χ4n) is 2.75. The molecule has 7 heteroatoms. The van der Waals surface area contributed by atoms with Gasteiger partial charge in [-0.25, -0.2) is 0 Å². The summed E-state index contributed by atoms with van der Waals surface area (Å²) >= 11 is 0. The number of quaternary nitrogens is 1. The highest BCUT2D eigenvalue weighted by Crippen LogP contribution is 2.10. The molecule has 0 saturated carbocycles. The van der Waals surface area contributed by atoms with E-state index in [0.717, 1.165) is 25.4 Å². The number of hydrogen-bond donors (Lipinski definition) is 1. The first-order valence-corrected chi connectivity index (χ1v) is 9.73. The van der Waals surface area contributed by atoms with E-state index in [1.807, 2.05) is 12.1 Å². The molecule has 2 rings (SSSR count). The second-order valence-electron chi connectivity index (χ2n) is 6.34. The van der Waals surface area contributed by atoms with Gasteiger partial charge < -0.3 is 33.3 Å². The lowest BCUT2D eigenvalue weighted by Crippen LogP contribution is -3.11. The van der Waals surface area contributed by atoms with Crippen LogP contribution in [0.4, 0.5) is 0 Å². The van der Waals surface area contributed by atoms with Crippen LogP contribution in [0.15, 0.2) is 24.3 Å². The third-order valence-electron chi connectivity index (χ3n) is 4.30. The van der Waals surface area contributed by atoms with Crippen LogP contribution < -0.4 is 9.64 Å². The lowest BCUT2D eigenvalue weighted by molar-refractivity contribution is -0.914. The summed E-state index contributed by atoms with van der Waals surface area (Å²) in [5.74, 6) is 0.880. The second-order valence-corrected chi connectivity index (χ2v) is 6.34. The minimum Gasteiger partial charge on any atom is -0.497 e. The van der Waals surface area contributed by atoms with Gasteiger partial charge in [-0.2, -0.15) is 0 Å². The predicted molar refractivity (Wildman–Crippen MR) is 101 cm³/mol. The average Bonchev–Trinajstić information content (AvgIpc) is 2.70. The SMILES string of the molecule is COc1ccc(C[NH+]2CCOCCOCCOCCOCCOCC2)cc1. The first kappa shape index (κ1) is 22.1. The molecule has 0 unspecified atom stereocenters. The maximum atomic E-state index is 5.72. The highest BCUT2D eigenvalue weighted by Gasteiger charge is 2.10. The molecule has 7 nitrogen and oxygen atoms in total. The smallest absolute Gasteiger partial charge is 0.118 e. The zero-order chi connectivity index (χ0) is 19.0. The maximum Gasteiger partial charge on any atom is 0.118 e. The Bertz CT molecular complexity index is 452.